The largest absolute Gasteiger partial charge is 0.481 e. The smallest absolute Gasteiger partial charge is 0.344 e. The summed E-state index contributed by atoms with van der Waals surface area (Å²) in [6.45, 7) is 6.78. The molecular formula is C50H38O6. The Morgan fingerprint density at radius 1 is 0.446 bits per heavy atom. The maximum absolute atomic E-state index is 13.2. The van der Waals surface area contributed by atoms with E-state index in [-0.39, 0.29) is 26.4 Å². The molecule has 0 bridgehead atoms. The molecule has 8 aromatic rings. The van der Waals surface area contributed by atoms with E-state index in [1.807, 2.05) is 72.8 Å². The lowest BCUT2D eigenvalue weighted by atomic mass is 9.83. The molecule has 0 saturated carbocycles. The number of hydrogen-bond donors (Lipinski definition) is 0. The van der Waals surface area contributed by atoms with Crippen molar-refractivity contribution < 1.29 is 28.5 Å². The summed E-state index contributed by atoms with van der Waals surface area (Å²) in [5.41, 5.74) is 4.93. The Hall–Kier alpha value is -7.18. The Balaban J connectivity index is 1.54. The second-order valence-corrected chi connectivity index (χ2v) is 13.3. The van der Waals surface area contributed by atoms with Crippen molar-refractivity contribution >= 4 is 55.0 Å². The van der Waals surface area contributed by atoms with Crippen molar-refractivity contribution in [2.24, 2.45) is 0 Å². The fraction of sp³-hybridized carbons (Fsp3) is 0.0800. The average Bonchev–Trinajstić information content (AvgIpc) is 3.25. The molecule has 0 aliphatic heterocycles. The highest BCUT2D eigenvalue weighted by Crippen LogP contribution is 2.54. The third-order valence-electron chi connectivity index (χ3n) is 9.81. The molecule has 0 N–H and O–H groups in total. The van der Waals surface area contributed by atoms with Gasteiger partial charge < -0.3 is 18.9 Å². The van der Waals surface area contributed by atoms with Gasteiger partial charge >= 0.3 is 11.9 Å². The number of benzene rings is 8. The van der Waals surface area contributed by atoms with Crippen LogP contribution in [0, 0.1) is 0 Å². The van der Waals surface area contributed by atoms with E-state index in [0.717, 1.165) is 65.3 Å². The van der Waals surface area contributed by atoms with E-state index in [9.17, 15) is 9.59 Å². The lowest BCUT2D eigenvalue weighted by molar-refractivity contribution is -0.145. The summed E-state index contributed by atoms with van der Waals surface area (Å²) in [7, 11) is 0. The van der Waals surface area contributed by atoms with Crippen molar-refractivity contribution in [3.05, 3.63) is 171 Å². The van der Waals surface area contributed by atoms with Crippen molar-refractivity contribution in [3.63, 3.8) is 0 Å². The number of rotatable bonds is 13. The Labute approximate surface area is 324 Å². The predicted molar refractivity (Wildman–Crippen MR) is 226 cm³/mol. The van der Waals surface area contributed by atoms with Gasteiger partial charge in [0.15, 0.2) is 13.2 Å². The minimum atomic E-state index is -0.537. The summed E-state index contributed by atoms with van der Waals surface area (Å²) < 4.78 is 24.2. The van der Waals surface area contributed by atoms with Gasteiger partial charge in [-0.25, -0.2) is 9.59 Å². The number of carbonyl (C=O) groups excluding carboxylic acids is 2. The van der Waals surface area contributed by atoms with Crippen molar-refractivity contribution in [2.45, 2.75) is 0 Å². The second-order valence-electron chi connectivity index (χ2n) is 13.3. The Bertz CT molecular complexity index is 2580. The quantitative estimate of drug-likeness (QED) is 0.0667. The van der Waals surface area contributed by atoms with Crippen LogP contribution in [0.15, 0.2) is 171 Å². The third-order valence-corrected chi connectivity index (χ3v) is 9.81. The van der Waals surface area contributed by atoms with Gasteiger partial charge in [0.2, 0.25) is 0 Å². The number of hydrogen-bond acceptors (Lipinski definition) is 6. The molecule has 6 heteroatoms. The lowest BCUT2D eigenvalue weighted by Crippen LogP contribution is -2.16. The van der Waals surface area contributed by atoms with Crippen LogP contribution in [0.1, 0.15) is 0 Å². The fourth-order valence-electron chi connectivity index (χ4n) is 7.38. The molecule has 0 saturated heterocycles. The highest BCUT2D eigenvalue weighted by molar-refractivity contribution is 6.19. The van der Waals surface area contributed by atoms with E-state index < -0.39 is 11.9 Å². The Morgan fingerprint density at radius 3 is 1.25 bits per heavy atom. The standard InChI is InChI=1S/C50H38O6/c1-3-27-53-45(51)31-55-49-39-25-23-35-19-11-13-21-37(35)43(39)29-41(33-15-7-5-8-16-33)47(49)48-42(34-17-9-6-10-18-34)30-44-38-22-14-12-20-36(38)24-26-40(44)50(48)56-32-46(52)54-28-4-2/h3-26,29-30H,1-2,27-28,31-32H2. The molecule has 0 aliphatic carbocycles. The molecule has 0 atom stereocenters. The van der Waals surface area contributed by atoms with E-state index in [4.69, 9.17) is 18.9 Å². The molecule has 6 nitrogen and oxygen atoms in total. The lowest BCUT2D eigenvalue weighted by Gasteiger charge is -2.25. The molecule has 0 spiro atoms. The van der Waals surface area contributed by atoms with E-state index in [1.165, 1.54) is 12.2 Å². The molecule has 56 heavy (non-hydrogen) atoms. The summed E-state index contributed by atoms with van der Waals surface area (Å²) >= 11 is 0. The van der Waals surface area contributed by atoms with Gasteiger partial charge in [-0.05, 0) is 78.8 Å². The average molecular weight is 735 g/mol. The van der Waals surface area contributed by atoms with Gasteiger partial charge in [-0.2, -0.15) is 0 Å². The molecule has 8 aromatic carbocycles. The SMILES string of the molecule is C=CCOC(=O)COc1c(-c2c(-c3ccccc3)cc3c(ccc4ccccc43)c2OCC(=O)OCC=C)c(-c2ccccc2)cc2c1ccc1ccccc12. The summed E-state index contributed by atoms with van der Waals surface area (Å²) in [4.78, 5) is 26.3. The van der Waals surface area contributed by atoms with Crippen molar-refractivity contribution in [1.82, 2.24) is 0 Å². The first-order valence-corrected chi connectivity index (χ1v) is 18.4. The maximum Gasteiger partial charge on any atom is 0.344 e. The van der Waals surface area contributed by atoms with Gasteiger partial charge in [0.1, 0.15) is 24.7 Å². The molecule has 0 aliphatic rings. The maximum atomic E-state index is 13.2. The first-order valence-electron chi connectivity index (χ1n) is 18.4. The first-order chi connectivity index (χ1) is 27.6. The van der Waals surface area contributed by atoms with Gasteiger partial charge in [0, 0.05) is 21.9 Å². The molecule has 0 unspecified atom stereocenters. The second kappa shape index (κ2) is 16.0. The number of fused-ring (bicyclic) bond motifs is 6. The topological polar surface area (TPSA) is 71.1 Å². The number of esters is 2. The highest BCUT2D eigenvalue weighted by Gasteiger charge is 2.28. The zero-order chi connectivity index (χ0) is 38.4. The molecule has 0 aromatic heterocycles. The van der Waals surface area contributed by atoms with Gasteiger partial charge in [-0.1, -0.05) is 147 Å². The van der Waals surface area contributed by atoms with E-state index in [0.29, 0.717) is 22.6 Å². The minimum absolute atomic E-state index is 0.0568. The summed E-state index contributed by atoms with van der Waals surface area (Å²) in [5.74, 6) is -0.132. The van der Waals surface area contributed by atoms with Gasteiger partial charge in [-0.3, -0.25) is 0 Å². The Kier molecular flexibility index (Phi) is 10.3. The molecule has 8 rings (SSSR count). The normalized spacial score (nSPS) is 11.1. The molecule has 0 amide bonds. The van der Waals surface area contributed by atoms with Crippen LogP contribution in [0.2, 0.25) is 0 Å². The highest BCUT2D eigenvalue weighted by atomic mass is 16.6. The number of carbonyl (C=O) groups is 2. The molecule has 274 valence electrons. The number of ether oxygens (including phenoxy) is 4. The van der Waals surface area contributed by atoms with Crippen LogP contribution in [-0.2, 0) is 19.1 Å². The summed E-state index contributed by atoms with van der Waals surface area (Å²) in [6.07, 6.45) is 3.05. The van der Waals surface area contributed by atoms with E-state index in [1.54, 1.807) is 0 Å². The molecule has 0 radical (unpaired) electrons. The molecular weight excluding hydrogens is 697 g/mol. The fourth-order valence-corrected chi connectivity index (χ4v) is 7.38. The zero-order valence-corrected chi connectivity index (χ0v) is 30.7. The van der Waals surface area contributed by atoms with Gasteiger partial charge in [0.25, 0.3) is 0 Å². The first kappa shape index (κ1) is 35.8. The minimum Gasteiger partial charge on any atom is -0.481 e. The third kappa shape index (κ3) is 6.96. The van der Waals surface area contributed by atoms with Crippen molar-refractivity contribution in [2.75, 3.05) is 26.4 Å². The van der Waals surface area contributed by atoms with Crippen LogP contribution in [0.25, 0.3) is 76.5 Å². The molecule has 0 fully saturated rings. The van der Waals surface area contributed by atoms with Gasteiger partial charge in [0.05, 0.1) is 0 Å². The van der Waals surface area contributed by atoms with Crippen molar-refractivity contribution in [1.29, 1.82) is 0 Å². The van der Waals surface area contributed by atoms with Crippen LogP contribution in [0.3, 0.4) is 0 Å². The van der Waals surface area contributed by atoms with Crippen LogP contribution in [-0.4, -0.2) is 38.4 Å². The summed E-state index contributed by atoms with van der Waals surface area (Å²) in [5, 5.41) is 7.67. The van der Waals surface area contributed by atoms with Crippen LogP contribution in [0.4, 0.5) is 0 Å². The monoisotopic (exact) mass is 734 g/mol. The summed E-state index contributed by atoms with van der Waals surface area (Å²) in [6, 6.07) is 49.1. The van der Waals surface area contributed by atoms with Gasteiger partial charge in [-0.15, -0.1) is 0 Å². The van der Waals surface area contributed by atoms with Crippen LogP contribution >= 0.6 is 0 Å². The Morgan fingerprint density at radius 2 is 0.839 bits per heavy atom. The van der Waals surface area contributed by atoms with Crippen LogP contribution < -0.4 is 9.47 Å². The molecule has 0 heterocycles. The zero-order valence-electron chi connectivity index (χ0n) is 30.7. The van der Waals surface area contributed by atoms with Crippen molar-refractivity contribution in [3.8, 4) is 44.9 Å². The van der Waals surface area contributed by atoms with E-state index in [2.05, 4.69) is 86.0 Å². The predicted octanol–water partition coefficient (Wildman–Crippen LogP) is 11.5. The van der Waals surface area contributed by atoms with E-state index >= 15 is 0 Å². The van der Waals surface area contributed by atoms with Crippen LogP contribution in [0.5, 0.6) is 11.5 Å².